The number of hydrogen-bond donors (Lipinski definition) is 1. The van der Waals surface area contributed by atoms with Crippen LogP contribution in [0.25, 0.3) is 0 Å². The van der Waals surface area contributed by atoms with Crippen LogP contribution < -0.4 is 5.32 Å². The summed E-state index contributed by atoms with van der Waals surface area (Å²) in [5.41, 5.74) is 2.56. The molecule has 1 fully saturated rings. The van der Waals surface area contributed by atoms with Crippen molar-refractivity contribution in [1.29, 1.82) is 0 Å². The van der Waals surface area contributed by atoms with E-state index in [0.717, 1.165) is 29.7 Å². The van der Waals surface area contributed by atoms with Crippen molar-refractivity contribution in [1.82, 2.24) is 5.32 Å². The maximum atomic E-state index is 6.67. The highest BCUT2D eigenvalue weighted by molar-refractivity contribution is 6.42. The van der Waals surface area contributed by atoms with Gasteiger partial charge in [-0.3, -0.25) is 0 Å². The van der Waals surface area contributed by atoms with Gasteiger partial charge in [0.15, 0.2) is 0 Å². The normalized spacial score (nSPS) is 21.2. The standard InChI is InChI=1S/C25H24Cl3NO2/c26-21-9-7-20(8-10-21)25(31-17-18-4-2-1-3-5-18)12-13-29-15-24(25)30-16-19-6-11-22(27)23(28)14-19/h1-11,14,24,29H,12-13,15-17H2/t24-,25-/m0/s1. The summed E-state index contributed by atoms with van der Waals surface area (Å²) >= 11 is 18.4. The van der Waals surface area contributed by atoms with Crippen molar-refractivity contribution in [3.05, 3.63) is 105 Å². The van der Waals surface area contributed by atoms with E-state index < -0.39 is 5.60 Å². The molecule has 1 aliphatic rings. The average Bonchev–Trinajstić information content (AvgIpc) is 2.80. The van der Waals surface area contributed by atoms with Gasteiger partial charge < -0.3 is 14.8 Å². The van der Waals surface area contributed by atoms with Crippen LogP contribution in [-0.4, -0.2) is 19.2 Å². The third-order valence-corrected chi connectivity index (χ3v) is 6.62. The second-order valence-corrected chi connectivity index (χ2v) is 8.92. The molecule has 4 rings (SSSR count). The fourth-order valence-electron chi connectivity index (χ4n) is 3.95. The van der Waals surface area contributed by atoms with Crippen molar-refractivity contribution in [3.8, 4) is 0 Å². The third kappa shape index (κ3) is 5.43. The SMILES string of the molecule is Clc1ccc([C@@]2(OCc3ccccc3)CCNC[C@@H]2OCc2ccc(Cl)c(Cl)c2)cc1. The van der Waals surface area contributed by atoms with Crippen molar-refractivity contribution in [2.24, 2.45) is 0 Å². The maximum Gasteiger partial charge on any atom is 0.122 e. The van der Waals surface area contributed by atoms with Crippen molar-refractivity contribution < 1.29 is 9.47 Å². The first-order chi connectivity index (χ1) is 15.1. The Bertz CT molecular complexity index is 997. The van der Waals surface area contributed by atoms with Crippen molar-refractivity contribution in [2.75, 3.05) is 13.1 Å². The lowest BCUT2D eigenvalue weighted by molar-refractivity contribution is -0.176. The lowest BCUT2D eigenvalue weighted by Crippen LogP contribution is -2.54. The molecule has 31 heavy (non-hydrogen) atoms. The van der Waals surface area contributed by atoms with E-state index in [1.54, 1.807) is 6.07 Å². The molecule has 3 nitrogen and oxygen atoms in total. The summed E-state index contributed by atoms with van der Waals surface area (Å²) in [6, 6.07) is 23.6. The first-order valence-electron chi connectivity index (χ1n) is 10.3. The van der Waals surface area contributed by atoms with Gasteiger partial charge in [0.25, 0.3) is 0 Å². The Balaban J connectivity index is 1.60. The van der Waals surface area contributed by atoms with Crippen LogP contribution in [0.3, 0.4) is 0 Å². The quantitative estimate of drug-likeness (QED) is 0.415. The Labute approximate surface area is 198 Å². The highest BCUT2D eigenvalue weighted by Crippen LogP contribution is 2.39. The number of ether oxygens (including phenoxy) is 2. The number of rotatable bonds is 7. The number of hydrogen-bond acceptors (Lipinski definition) is 3. The summed E-state index contributed by atoms with van der Waals surface area (Å²) in [5.74, 6) is 0. The van der Waals surface area contributed by atoms with Gasteiger partial charge in [0.2, 0.25) is 0 Å². The number of benzene rings is 3. The summed E-state index contributed by atoms with van der Waals surface area (Å²) in [6.45, 7) is 2.42. The number of halogens is 3. The highest BCUT2D eigenvalue weighted by atomic mass is 35.5. The lowest BCUT2D eigenvalue weighted by atomic mass is 9.82. The molecule has 3 aromatic rings. The van der Waals surface area contributed by atoms with Crippen LogP contribution in [0.5, 0.6) is 0 Å². The van der Waals surface area contributed by atoms with Crippen LogP contribution in [-0.2, 0) is 28.3 Å². The fourth-order valence-corrected chi connectivity index (χ4v) is 4.40. The summed E-state index contributed by atoms with van der Waals surface area (Å²) < 4.78 is 13.1. The number of nitrogens with one attached hydrogen (secondary N) is 1. The zero-order valence-electron chi connectivity index (χ0n) is 17.0. The van der Waals surface area contributed by atoms with E-state index in [1.165, 1.54) is 0 Å². The molecule has 0 aliphatic carbocycles. The molecule has 0 amide bonds. The van der Waals surface area contributed by atoms with Gasteiger partial charge in [-0.2, -0.15) is 0 Å². The molecule has 162 valence electrons. The monoisotopic (exact) mass is 475 g/mol. The van der Waals surface area contributed by atoms with E-state index in [-0.39, 0.29) is 6.10 Å². The molecule has 1 aliphatic heterocycles. The van der Waals surface area contributed by atoms with E-state index in [2.05, 4.69) is 17.4 Å². The molecule has 0 saturated carbocycles. The number of piperidine rings is 1. The zero-order valence-corrected chi connectivity index (χ0v) is 19.3. The van der Waals surface area contributed by atoms with Gasteiger partial charge in [0, 0.05) is 11.6 Å². The molecule has 3 aromatic carbocycles. The van der Waals surface area contributed by atoms with E-state index in [4.69, 9.17) is 44.3 Å². The van der Waals surface area contributed by atoms with Gasteiger partial charge in [-0.1, -0.05) is 83.3 Å². The molecule has 6 heteroatoms. The van der Waals surface area contributed by atoms with Gasteiger partial charge in [-0.15, -0.1) is 0 Å². The zero-order chi connectivity index (χ0) is 21.7. The molecule has 0 bridgehead atoms. The summed E-state index contributed by atoms with van der Waals surface area (Å²) in [7, 11) is 0. The summed E-state index contributed by atoms with van der Waals surface area (Å²) in [5, 5.41) is 5.20. The Hall–Kier alpha value is -1.59. The molecular weight excluding hydrogens is 453 g/mol. The summed E-state index contributed by atoms with van der Waals surface area (Å²) in [4.78, 5) is 0. The molecule has 1 saturated heterocycles. The van der Waals surface area contributed by atoms with Crippen LogP contribution in [0, 0.1) is 0 Å². The minimum Gasteiger partial charge on any atom is -0.369 e. The average molecular weight is 477 g/mol. The van der Waals surface area contributed by atoms with Crippen LogP contribution in [0.4, 0.5) is 0 Å². The van der Waals surface area contributed by atoms with Crippen LogP contribution in [0.15, 0.2) is 72.8 Å². The largest absolute Gasteiger partial charge is 0.369 e. The Morgan fingerprint density at radius 1 is 0.839 bits per heavy atom. The minimum absolute atomic E-state index is 0.194. The van der Waals surface area contributed by atoms with Gasteiger partial charge in [0.05, 0.1) is 23.3 Å². The molecule has 1 heterocycles. The van der Waals surface area contributed by atoms with Gasteiger partial charge >= 0.3 is 0 Å². The van der Waals surface area contributed by atoms with Crippen molar-refractivity contribution in [3.63, 3.8) is 0 Å². The van der Waals surface area contributed by atoms with Gasteiger partial charge in [-0.25, -0.2) is 0 Å². The smallest absolute Gasteiger partial charge is 0.122 e. The first kappa shape index (κ1) is 22.6. The van der Waals surface area contributed by atoms with Crippen molar-refractivity contribution >= 4 is 34.8 Å². The van der Waals surface area contributed by atoms with Gasteiger partial charge in [0.1, 0.15) is 11.7 Å². The predicted octanol–water partition coefficient (Wildman–Crippen LogP) is 6.64. The third-order valence-electron chi connectivity index (χ3n) is 5.63. The lowest BCUT2D eigenvalue weighted by Gasteiger charge is -2.44. The van der Waals surface area contributed by atoms with E-state index in [0.29, 0.717) is 34.8 Å². The molecule has 1 N–H and O–H groups in total. The fraction of sp³-hybridized carbons (Fsp3) is 0.280. The maximum absolute atomic E-state index is 6.67. The second-order valence-electron chi connectivity index (χ2n) is 7.67. The molecule has 0 aromatic heterocycles. The van der Waals surface area contributed by atoms with Crippen LogP contribution in [0.2, 0.25) is 15.1 Å². The van der Waals surface area contributed by atoms with Gasteiger partial charge in [-0.05, 0) is 53.9 Å². The Morgan fingerprint density at radius 2 is 1.61 bits per heavy atom. The Morgan fingerprint density at radius 3 is 2.35 bits per heavy atom. The molecule has 0 radical (unpaired) electrons. The van der Waals surface area contributed by atoms with Crippen LogP contribution in [0.1, 0.15) is 23.1 Å². The highest BCUT2D eigenvalue weighted by Gasteiger charge is 2.44. The molecule has 2 atom stereocenters. The Kier molecular flexibility index (Phi) is 7.55. The van der Waals surface area contributed by atoms with E-state index >= 15 is 0 Å². The molecular formula is C25H24Cl3NO2. The summed E-state index contributed by atoms with van der Waals surface area (Å²) in [6.07, 6.45) is 0.591. The molecule has 0 spiro atoms. The minimum atomic E-state index is -0.595. The molecule has 0 unspecified atom stereocenters. The van der Waals surface area contributed by atoms with E-state index in [1.807, 2.05) is 54.6 Å². The first-order valence-corrected chi connectivity index (χ1v) is 11.4. The predicted molar refractivity (Wildman–Crippen MR) is 127 cm³/mol. The van der Waals surface area contributed by atoms with Crippen molar-refractivity contribution in [2.45, 2.75) is 31.3 Å². The van der Waals surface area contributed by atoms with E-state index in [9.17, 15) is 0 Å². The second kappa shape index (κ2) is 10.4. The topological polar surface area (TPSA) is 30.5 Å². The van der Waals surface area contributed by atoms with Crippen LogP contribution >= 0.6 is 34.8 Å².